The predicted octanol–water partition coefficient (Wildman–Crippen LogP) is 1.93. The van der Waals surface area contributed by atoms with Gasteiger partial charge in [-0.2, -0.15) is 0 Å². The molecular formula is C15H16N2O4. The molecule has 0 amide bonds. The first-order valence-corrected chi connectivity index (χ1v) is 6.28. The summed E-state index contributed by atoms with van der Waals surface area (Å²) in [5.74, 6) is 1.43. The number of nitrogens with zero attached hydrogens (tertiary/aromatic N) is 2. The van der Waals surface area contributed by atoms with E-state index in [4.69, 9.17) is 14.2 Å². The Kier molecular flexibility index (Phi) is 4.71. The number of hydrogen-bond acceptors (Lipinski definition) is 6. The van der Waals surface area contributed by atoms with Crippen molar-refractivity contribution in [2.24, 2.45) is 0 Å². The second-order valence-corrected chi connectivity index (χ2v) is 4.22. The predicted molar refractivity (Wildman–Crippen MR) is 76.2 cm³/mol. The molecule has 0 unspecified atom stereocenters. The first-order valence-electron chi connectivity index (χ1n) is 6.28. The molecule has 0 spiro atoms. The molecule has 0 bridgehead atoms. The van der Waals surface area contributed by atoms with Gasteiger partial charge in [0.1, 0.15) is 17.8 Å². The maximum Gasteiger partial charge on any atom is 0.216 e. The van der Waals surface area contributed by atoms with Gasteiger partial charge in [-0.1, -0.05) is 0 Å². The van der Waals surface area contributed by atoms with E-state index in [1.165, 1.54) is 20.5 Å². The molecule has 0 aliphatic heterocycles. The Morgan fingerprint density at radius 2 is 1.86 bits per heavy atom. The fraction of sp³-hybridized carbons (Fsp3) is 0.267. The number of ketones is 1. The summed E-state index contributed by atoms with van der Waals surface area (Å²) in [4.78, 5) is 20.3. The summed E-state index contributed by atoms with van der Waals surface area (Å²) < 4.78 is 15.4. The second-order valence-electron chi connectivity index (χ2n) is 4.22. The van der Waals surface area contributed by atoms with Crippen molar-refractivity contribution in [3.05, 3.63) is 41.9 Å². The maximum absolute atomic E-state index is 12.4. The van der Waals surface area contributed by atoms with Crippen LogP contribution < -0.4 is 14.2 Å². The SMILES string of the molecule is COc1ccc(C(=O)Cc2cc(OC)ncn2)c(OC)c1. The van der Waals surface area contributed by atoms with E-state index in [-0.39, 0.29) is 12.2 Å². The molecule has 2 rings (SSSR count). The third kappa shape index (κ3) is 3.47. The zero-order valence-electron chi connectivity index (χ0n) is 12.1. The largest absolute Gasteiger partial charge is 0.497 e. The standard InChI is InChI=1S/C15H16N2O4/c1-19-11-4-5-12(14(8-11)20-2)13(18)6-10-7-15(21-3)17-9-16-10/h4-5,7-9H,6H2,1-3H3. The van der Waals surface area contributed by atoms with Gasteiger partial charge in [0.2, 0.25) is 5.88 Å². The number of carbonyl (C=O) groups is 1. The molecule has 0 N–H and O–H groups in total. The number of hydrogen-bond donors (Lipinski definition) is 0. The zero-order chi connectivity index (χ0) is 15.2. The van der Waals surface area contributed by atoms with Gasteiger partial charge < -0.3 is 14.2 Å². The van der Waals surface area contributed by atoms with E-state index in [9.17, 15) is 4.79 Å². The fourth-order valence-corrected chi connectivity index (χ4v) is 1.87. The first kappa shape index (κ1) is 14.8. The zero-order valence-corrected chi connectivity index (χ0v) is 12.1. The topological polar surface area (TPSA) is 70.5 Å². The van der Waals surface area contributed by atoms with Crippen molar-refractivity contribution < 1.29 is 19.0 Å². The van der Waals surface area contributed by atoms with Crippen molar-refractivity contribution >= 4 is 5.78 Å². The monoisotopic (exact) mass is 288 g/mol. The molecule has 0 fully saturated rings. The van der Waals surface area contributed by atoms with Crippen LogP contribution in [0.25, 0.3) is 0 Å². The van der Waals surface area contributed by atoms with Crippen molar-refractivity contribution in [1.29, 1.82) is 0 Å². The highest BCUT2D eigenvalue weighted by Crippen LogP contribution is 2.25. The number of rotatable bonds is 6. The lowest BCUT2D eigenvalue weighted by Crippen LogP contribution is -2.07. The van der Waals surface area contributed by atoms with E-state index in [0.29, 0.717) is 28.6 Å². The second kappa shape index (κ2) is 6.69. The maximum atomic E-state index is 12.4. The van der Waals surface area contributed by atoms with Crippen molar-refractivity contribution in [3.63, 3.8) is 0 Å². The van der Waals surface area contributed by atoms with Gasteiger partial charge in [0.15, 0.2) is 5.78 Å². The van der Waals surface area contributed by atoms with Crippen LogP contribution in [-0.4, -0.2) is 37.1 Å². The van der Waals surface area contributed by atoms with Crippen molar-refractivity contribution in [2.75, 3.05) is 21.3 Å². The molecule has 6 nitrogen and oxygen atoms in total. The molecule has 1 aromatic carbocycles. The Bertz CT molecular complexity index is 643. The Morgan fingerprint density at radius 1 is 1.05 bits per heavy atom. The fourth-order valence-electron chi connectivity index (χ4n) is 1.87. The molecular weight excluding hydrogens is 272 g/mol. The highest BCUT2D eigenvalue weighted by Gasteiger charge is 2.15. The molecule has 1 aromatic heterocycles. The van der Waals surface area contributed by atoms with Crippen molar-refractivity contribution in [2.45, 2.75) is 6.42 Å². The first-order chi connectivity index (χ1) is 10.2. The minimum atomic E-state index is -0.102. The van der Waals surface area contributed by atoms with E-state index < -0.39 is 0 Å². The van der Waals surface area contributed by atoms with Crippen LogP contribution in [0.1, 0.15) is 16.1 Å². The van der Waals surface area contributed by atoms with Crippen LogP contribution in [0.4, 0.5) is 0 Å². The molecule has 1 heterocycles. The van der Waals surface area contributed by atoms with Crippen molar-refractivity contribution in [1.82, 2.24) is 9.97 Å². The number of ether oxygens (including phenoxy) is 3. The minimum absolute atomic E-state index is 0.102. The molecule has 0 saturated heterocycles. The van der Waals surface area contributed by atoms with Gasteiger partial charge in [-0.3, -0.25) is 4.79 Å². The molecule has 110 valence electrons. The molecule has 21 heavy (non-hydrogen) atoms. The Morgan fingerprint density at radius 3 is 2.52 bits per heavy atom. The summed E-state index contributed by atoms with van der Waals surface area (Å²) in [5, 5.41) is 0. The van der Waals surface area contributed by atoms with Gasteiger partial charge in [-0.05, 0) is 12.1 Å². The normalized spacial score (nSPS) is 10.0. The third-order valence-electron chi connectivity index (χ3n) is 2.96. The average molecular weight is 288 g/mol. The molecule has 6 heteroatoms. The molecule has 0 aliphatic carbocycles. The van der Waals surface area contributed by atoms with E-state index in [1.54, 1.807) is 31.4 Å². The minimum Gasteiger partial charge on any atom is -0.497 e. The average Bonchev–Trinajstić information content (AvgIpc) is 2.54. The summed E-state index contributed by atoms with van der Waals surface area (Å²) in [5.41, 5.74) is 1.07. The highest BCUT2D eigenvalue weighted by atomic mass is 16.5. The molecule has 0 saturated carbocycles. The quantitative estimate of drug-likeness (QED) is 0.756. The molecule has 0 atom stereocenters. The van der Waals surface area contributed by atoms with Crippen LogP contribution in [0.5, 0.6) is 17.4 Å². The number of aromatic nitrogens is 2. The Hall–Kier alpha value is -2.63. The summed E-state index contributed by atoms with van der Waals surface area (Å²) in [6.07, 6.45) is 1.51. The Labute approximate surface area is 122 Å². The summed E-state index contributed by atoms with van der Waals surface area (Å²) in [7, 11) is 4.59. The van der Waals surface area contributed by atoms with E-state index in [0.717, 1.165) is 0 Å². The summed E-state index contributed by atoms with van der Waals surface area (Å²) in [6.45, 7) is 0. The van der Waals surface area contributed by atoms with Gasteiger partial charge in [-0.15, -0.1) is 0 Å². The van der Waals surface area contributed by atoms with Gasteiger partial charge in [-0.25, -0.2) is 9.97 Å². The van der Waals surface area contributed by atoms with Crippen LogP contribution in [0.3, 0.4) is 0 Å². The third-order valence-corrected chi connectivity index (χ3v) is 2.96. The van der Waals surface area contributed by atoms with Gasteiger partial charge in [0.25, 0.3) is 0 Å². The highest BCUT2D eigenvalue weighted by molar-refractivity contribution is 6.00. The Balaban J connectivity index is 2.23. The lowest BCUT2D eigenvalue weighted by Gasteiger charge is -2.09. The van der Waals surface area contributed by atoms with Gasteiger partial charge in [0, 0.05) is 12.1 Å². The number of benzene rings is 1. The molecule has 0 aliphatic rings. The smallest absolute Gasteiger partial charge is 0.216 e. The lowest BCUT2D eigenvalue weighted by atomic mass is 10.0. The number of methoxy groups -OCH3 is 3. The van der Waals surface area contributed by atoms with Crippen LogP contribution in [-0.2, 0) is 6.42 Å². The van der Waals surface area contributed by atoms with Crippen molar-refractivity contribution in [3.8, 4) is 17.4 Å². The lowest BCUT2D eigenvalue weighted by molar-refractivity contribution is 0.0989. The summed E-state index contributed by atoms with van der Waals surface area (Å²) in [6, 6.07) is 6.70. The van der Waals surface area contributed by atoms with E-state index >= 15 is 0 Å². The van der Waals surface area contributed by atoms with Gasteiger partial charge in [0.05, 0.1) is 39.0 Å². The van der Waals surface area contributed by atoms with E-state index in [1.807, 2.05) is 0 Å². The van der Waals surface area contributed by atoms with Crippen LogP contribution in [0, 0.1) is 0 Å². The van der Waals surface area contributed by atoms with Crippen LogP contribution in [0.2, 0.25) is 0 Å². The van der Waals surface area contributed by atoms with Gasteiger partial charge >= 0.3 is 0 Å². The van der Waals surface area contributed by atoms with Crippen LogP contribution in [0.15, 0.2) is 30.6 Å². The molecule has 2 aromatic rings. The molecule has 0 radical (unpaired) electrons. The number of Topliss-reactive ketones (excluding diaryl/α,β-unsaturated/α-hetero) is 1. The van der Waals surface area contributed by atoms with Crippen LogP contribution >= 0.6 is 0 Å². The number of carbonyl (C=O) groups excluding carboxylic acids is 1. The van der Waals surface area contributed by atoms with E-state index in [2.05, 4.69) is 9.97 Å². The summed E-state index contributed by atoms with van der Waals surface area (Å²) >= 11 is 0.